The number of primary amides is 1. The van der Waals surface area contributed by atoms with Crippen LogP contribution in [0.3, 0.4) is 0 Å². The second-order valence-corrected chi connectivity index (χ2v) is 4.25. The molecule has 0 heterocycles. The molecule has 0 aliphatic heterocycles. The monoisotopic (exact) mass is 245 g/mol. The highest BCUT2D eigenvalue weighted by Gasteiger charge is 2.23. The minimum Gasteiger partial charge on any atom is -0.480 e. The van der Waals surface area contributed by atoms with Gasteiger partial charge in [-0.3, -0.25) is 4.79 Å². The Morgan fingerprint density at radius 2 is 1.71 bits per heavy atom. The van der Waals surface area contributed by atoms with Gasteiger partial charge in [0.2, 0.25) is 5.91 Å². The molecule has 0 radical (unpaired) electrons. The number of urea groups is 1. The Balaban J connectivity index is 4.24. The summed E-state index contributed by atoms with van der Waals surface area (Å²) in [6.45, 7) is 4.98. The Morgan fingerprint density at radius 3 is 2.06 bits per heavy atom. The lowest BCUT2D eigenvalue weighted by molar-refractivity contribution is -0.140. The summed E-state index contributed by atoms with van der Waals surface area (Å²) in [5.41, 5.74) is 4.96. The summed E-state index contributed by atoms with van der Waals surface area (Å²) < 4.78 is 0. The molecule has 7 heteroatoms. The Morgan fingerprint density at radius 1 is 1.18 bits per heavy atom. The van der Waals surface area contributed by atoms with Gasteiger partial charge in [0.1, 0.15) is 6.04 Å². The van der Waals surface area contributed by atoms with Crippen molar-refractivity contribution in [1.29, 1.82) is 0 Å². The largest absolute Gasteiger partial charge is 0.480 e. The van der Waals surface area contributed by atoms with E-state index in [0.717, 1.165) is 0 Å². The minimum atomic E-state index is -1.10. The van der Waals surface area contributed by atoms with Crippen LogP contribution in [-0.2, 0) is 9.59 Å². The number of rotatable bonds is 6. The molecule has 0 fully saturated rings. The van der Waals surface area contributed by atoms with E-state index in [0.29, 0.717) is 0 Å². The maximum atomic E-state index is 11.4. The van der Waals surface area contributed by atoms with Gasteiger partial charge in [0.25, 0.3) is 0 Å². The van der Waals surface area contributed by atoms with E-state index in [1.54, 1.807) is 20.8 Å². The van der Waals surface area contributed by atoms with Crippen molar-refractivity contribution in [2.45, 2.75) is 39.3 Å². The molecule has 17 heavy (non-hydrogen) atoms. The first kappa shape index (κ1) is 15.2. The van der Waals surface area contributed by atoms with E-state index in [2.05, 4.69) is 10.6 Å². The number of carboxylic acids is 1. The van der Waals surface area contributed by atoms with E-state index < -0.39 is 30.0 Å². The molecule has 1 unspecified atom stereocenters. The van der Waals surface area contributed by atoms with E-state index in [1.807, 2.05) is 0 Å². The van der Waals surface area contributed by atoms with Gasteiger partial charge in [0.15, 0.2) is 0 Å². The number of amides is 3. The molecule has 0 saturated carbocycles. The topological polar surface area (TPSA) is 122 Å². The molecule has 0 aliphatic rings. The second kappa shape index (κ2) is 6.72. The summed E-state index contributed by atoms with van der Waals surface area (Å²) in [5.74, 6) is -1.86. The van der Waals surface area contributed by atoms with Crippen LogP contribution in [0.1, 0.15) is 27.2 Å². The van der Waals surface area contributed by atoms with Crippen LogP contribution < -0.4 is 16.4 Å². The third-order valence-corrected chi connectivity index (χ3v) is 2.10. The van der Waals surface area contributed by atoms with Crippen molar-refractivity contribution in [3.63, 3.8) is 0 Å². The van der Waals surface area contributed by atoms with E-state index >= 15 is 0 Å². The maximum absolute atomic E-state index is 11.4. The number of hydrogen-bond donors (Lipinski definition) is 4. The van der Waals surface area contributed by atoms with E-state index in [1.165, 1.54) is 0 Å². The Bertz CT molecular complexity index is 304. The van der Waals surface area contributed by atoms with E-state index in [-0.39, 0.29) is 12.3 Å². The van der Waals surface area contributed by atoms with Crippen LogP contribution in [0, 0.1) is 5.92 Å². The van der Waals surface area contributed by atoms with Crippen LogP contribution in [-0.4, -0.2) is 35.1 Å². The number of carbonyl (C=O) groups is 3. The fourth-order valence-electron chi connectivity index (χ4n) is 1.27. The van der Waals surface area contributed by atoms with Gasteiger partial charge in [-0.1, -0.05) is 13.8 Å². The molecule has 0 bridgehead atoms. The summed E-state index contributed by atoms with van der Waals surface area (Å²) in [6.07, 6.45) is 0.00678. The van der Waals surface area contributed by atoms with Crippen molar-refractivity contribution < 1.29 is 19.5 Å². The molecule has 0 aliphatic carbocycles. The smallest absolute Gasteiger partial charge is 0.326 e. The molecule has 0 rings (SSSR count). The van der Waals surface area contributed by atoms with Crippen LogP contribution in [0.25, 0.3) is 0 Å². The molecule has 0 saturated heterocycles. The zero-order valence-electron chi connectivity index (χ0n) is 10.2. The fraction of sp³-hybridized carbons (Fsp3) is 0.700. The van der Waals surface area contributed by atoms with Crippen LogP contribution in [0.15, 0.2) is 0 Å². The molecule has 0 spiro atoms. The quantitative estimate of drug-likeness (QED) is 0.511. The number of aliphatic carboxylic acids is 1. The first-order chi connectivity index (χ1) is 7.73. The Kier molecular flexibility index (Phi) is 6.01. The number of hydrogen-bond acceptors (Lipinski definition) is 3. The van der Waals surface area contributed by atoms with Gasteiger partial charge in [-0.25, -0.2) is 9.59 Å². The van der Waals surface area contributed by atoms with Gasteiger partial charge >= 0.3 is 12.0 Å². The molecular formula is C10H19N3O4. The zero-order valence-corrected chi connectivity index (χ0v) is 10.2. The molecule has 0 aromatic carbocycles. The lowest BCUT2D eigenvalue weighted by Crippen LogP contribution is -2.51. The third-order valence-electron chi connectivity index (χ3n) is 2.10. The fourth-order valence-corrected chi connectivity index (χ4v) is 1.27. The third kappa shape index (κ3) is 6.39. The number of carboxylic acid groups (broad SMARTS) is 1. The van der Waals surface area contributed by atoms with Crippen molar-refractivity contribution in [2.24, 2.45) is 11.7 Å². The van der Waals surface area contributed by atoms with Crippen molar-refractivity contribution >= 4 is 17.9 Å². The van der Waals surface area contributed by atoms with E-state index in [4.69, 9.17) is 10.8 Å². The predicted molar refractivity (Wildman–Crippen MR) is 61.2 cm³/mol. The number of nitrogens with one attached hydrogen (secondary N) is 2. The van der Waals surface area contributed by atoms with Gasteiger partial charge in [0, 0.05) is 12.5 Å². The Labute approximate surface area is 99.7 Å². The molecular weight excluding hydrogens is 226 g/mol. The van der Waals surface area contributed by atoms with Crippen molar-refractivity contribution in [3.8, 4) is 0 Å². The van der Waals surface area contributed by atoms with Crippen molar-refractivity contribution in [1.82, 2.24) is 10.6 Å². The standard InChI is InChI=1S/C10H19N3O4/c1-5(2)8(9(15)16)13-10(17)12-6(3)4-7(11)14/h5-6,8H,4H2,1-3H3,(H2,11,14)(H,15,16)(H2,12,13,17)/t6?,8-/m0/s1. The first-order valence-electron chi connectivity index (χ1n) is 5.32. The number of carbonyl (C=O) groups excluding carboxylic acids is 2. The average molecular weight is 245 g/mol. The van der Waals surface area contributed by atoms with Gasteiger partial charge in [-0.05, 0) is 12.8 Å². The molecule has 2 atom stereocenters. The van der Waals surface area contributed by atoms with Crippen LogP contribution in [0.5, 0.6) is 0 Å². The van der Waals surface area contributed by atoms with Gasteiger partial charge in [0.05, 0.1) is 0 Å². The first-order valence-corrected chi connectivity index (χ1v) is 5.32. The van der Waals surface area contributed by atoms with Gasteiger partial charge in [-0.2, -0.15) is 0 Å². The Hall–Kier alpha value is -1.79. The molecule has 0 aromatic heterocycles. The molecule has 0 aromatic rings. The summed E-state index contributed by atoms with van der Waals surface area (Å²) >= 11 is 0. The number of nitrogens with two attached hydrogens (primary N) is 1. The summed E-state index contributed by atoms with van der Waals surface area (Å²) in [6, 6.07) is -2.02. The molecule has 7 nitrogen and oxygen atoms in total. The highest BCUT2D eigenvalue weighted by molar-refractivity contribution is 5.83. The SMILES string of the molecule is CC(CC(N)=O)NC(=O)N[C@H](C(=O)O)C(C)C. The average Bonchev–Trinajstić information content (AvgIpc) is 2.11. The molecule has 5 N–H and O–H groups in total. The summed E-state index contributed by atoms with van der Waals surface area (Å²) in [5, 5.41) is 13.6. The van der Waals surface area contributed by atoms with Gasteiger partial charge in [-0.15, -0.1) is 0 Å². The van der Waals surface area contributed by atoms with Crippen molar-refractivity contribution in [2.75, 3.05) is 0 Å². The molecule has 3 amide bonds. The lowest BCUT2D eigenvalue weighted by Gasteiger charge is -2.20. The lowest BCUT2D eigenvalue weighted by atomic mass is 10.1. The zero-order chi connectivity index (χ0) is 13.6. The van der Waals surface area contributed by atoms with Crippen LogP contribution >= 0.6 is 0 Å². The van der Waals surface area contributed by atoms with Crippen LogP contribution in [0.4, 0.5) is 4.79 Å². The molecule has 98 valence electrons. The van der Waals surface area contributed by atoms with E-state index in [9.17, 15) is 14.4 Å². The highest BCUT2D eigenvalue weighted by atomic mass is 16.4. The summed E-state index contributed by atoms with van der Waals surface area (Å²) in [4.78, 5) is 32.8. The predicted octanol–water partition coefficient (Wildman–Crippen LogP) is -0.341. The van der Waals surface area contributed by atoms with Gasteiger partial charge < -0.3 is 21.5 Å². The normalized spacial score (nSPS) is 13.9. The van der Waals surface area contributed by atoms with Crippen molar-refractivity contribution in [3.05, 3.63) is 0 Å². The maximum Gasteiger partial charge on any atom is 0.326 e. The minimum absolute atomic E-state index is 0.00678. The second-order valence-electron chi connectivity index (χ2n) is 4.25. The highest BCUT2D eigenvalue weighted by Crippen LogP contribution is 2.01. The van der Waals surface area contributed by atoms with Crippen LogP contribution in [0.2, 0.25) is 0 Å². The summed E-state index contributed by atoms with van der Waals surface area (Å²) in [7, 11) is 0.